The fraction of sp³-hybridized carbons (Fsp3) is 0.350. The Morgan fingerprint density at radius 1 is 1.03 bits per heavy atom. The summed E-state index contributed by atoms with van der Waals surface area (Å²) < 4.78 is 43.0. The van der Waals surface area contributed by atoms with E-state index in [-0.39, 0.29) is 11.4 Å². The zero-order valence-electron chi connectivity index (χ0n) is 16.9. The summed E-state index contributed by atoms with van der Waals surface area (Å²) in [6.07, 6.45) is 0. The first-order chi connectivity index (χ1) is 13.8. The van der Waals surface area contributed by atoms with Crippen molar-refractivity contribution in [2.24, 2.45) is 0 Å². The van der Waals surface area contributed by atoms with Gasteiger partial charge in [-0.05, 0) is 55.8 Å². The van der Waals surface area contributed by atoms with E-state index in [1.807, 2.05) is 6.92 Å². The molecule has 0 saturated heterocycles. The molecule has 0 aromatic heterocycles. The van der Waals surface area contributed by atoms with Gasteiger partial charge in [-0.2, -0.15) is 4.72 Å². The van der Waals surface area contributed by atoms with Gasteiger partial charge < -0.3 is 19.5 Å². The van der Waals surface area contributed by atoms with Gasteiger partial charge in [0.1, 0.15) is 5.75 Å². The van der Waals surface area contributed by atoms with Gasteiger partial charge in [0, 0.05) is 6.54 Å². The zero-order valence-corrected chi connectivity index (χ0v) is 17.7. The van der Waals surface area contributed by atoms with Crippen molar-refractivity contribution in [3.05, 3.63) is 48.0 Å². The fourth-order valence-electron chi connectivity index (χ4n) is 2.57. The van der Waals surface area contributed by atoms with Crippen molar-refractivity contribution in [2.75, 3.05) is 20.8 Å². The summed E-state index contributed by atoms with van der Waals surface area (Å²) in [6.45, 7) is 4.03. The number of nitrogens with one attached hydrogen (secondary N) is 2. The molecule has 0 aliphatic rings. The van der Waals surface area contributed by atoms with Crippen LogP contribution >= 0.6 is 0 Å². The molecule has 8 nitrogen and oxygen atoms in total. The second-order valence-electron chi connectivity index (χ2n) is 6.15. The number of hydrogen-bond donors (Lipinski definition) is 2. The van der Waals surface area contributed by atoms with E-state index in [1.54, 1.807) is 30.3 Å². The SMILES string of the molecule is CCOc1ccc(S(=O)(=O)N[C@H](C)C(=O)NCc2ccc(OC)c(OC)c2)cc1. The molecule has 158 valence electrons. The van der Waals surface area contributed by atoms with Crippen LogP contribution in [0.4, 0.5) is 0 Å². The number of rotatable bonds is 10. The van der Waals surface area contributed by atoms with E-state index >= 15 is 0 Å². The zero-order chi connectivity index (χ0) is 21.4. The van der Waals surface area contributed by atoms with Crippen LogP contribution in [-0.4, -0.2) is 41.2 Å². The van der Waals surface area contributed by atoms with E-state index in [1.165, 1.54) is 33.3 Å². The molecule has 1 amide bonds. The maximum Gasteiger partial charge on any atom is 0.241 e. The summed E-state index contributed by atoms with van der Waals surface area (Å²) in [7, 11) is -0.777. The first-order valence-corrected chi connectivity index (χ1v) is 10.5. The van der Waals surface area contributed by atoms with Crippen LogP contribution in [0.5, 0.6) is 17.2 Å². The Balaban J connectivity index is 1.97. The van der Waals surface area contributed by atoms with Crippen LogP contribution in [0, 0.1) is 0 Å². The average molecular weight is 423 g/mol. The van der Waals surface area contributed by atoms with Crippen LogP contribution in [0.25, 0.3) is 0 Å². The third-order valence-corrected chi connectivity index (χ3v) is 5.64. The maximum absolute atomic E-state index is 12.5. The van der Waals surface area contributed by atoms with E-state index < -0.39 is 22.0 Å². The molecule has 0 heterocycles. The van der Waals surface area contributed by atoms with Gasteiger partial charge in [0.05, 0.1) is 31.8 Å². The average Bonchev–Trinajstić information content (AvgIpc) is 2.72. The third-order valence-electron chi connectivity index (χ3n) is 4.08. The van der Waals surface area contributed by atoms with E-state index in [4.69, 9.17) is 14.2 Å². The van der Waals surface area contributed by atoms with Gasteiger partial charge >= 0.3 is 0 Å². The van der Waals surface area contributed by atoms with E-state index in [0.29, 0.717) is 23.9 Å². The van der Waals surface area contributed by atoms with Gasteiger partial charge in [-0.1, -0.05) is 6.07 Å². The van der Waals surface area contributed by atoms with Crippen molar-refractivity contribution in [1.29, 1.82) is 0 Å². The molecule has 0 bridgehead atoms. The molecule has 0 saturated carbocycles. The van der Waals surface area contributed by atoms with Crippen molar-refractivity contribution < 1.29 is 27.4 Å². The third kappa shape index (κ3) is 6.10. The van der Waals surface area contributed by atoms with Gasteiger partial charge in [-0.3, -0.25) is 4.79 Å². The summed E-state index contributed by atoms with van der Waals surface area (Å²) in [5, 5.41) is 2.71. The molecule has 2 aromatic rings. The maximum atomic E-state index is 12.5. The second kappa shape index (κ2) is 10.1. The van der Waals surface area contributed by atoms with E-state index in [0.717, 1.165) is 5.56 Å². The molecule has 2 rings (SSSR count). The van der Waals surface area contributed by atoms with Crippen molar-refractivity contribution in [2.45, 2.75) is 31.3 Å². The Bertz CT molecular complexity index is 928. The topological polar surface area (TPSA) is 103 Å². The normalized spacial score (nSPS) is 12.1. The lowest BCUT2D eigenvalue weighted by molar-refractivity contribution is -0.122. The van der Waals surface area contributed by atoms with Crippen LogP contribution in [-0.2, 0) is 21.4 Å². The van der Waals surface area contributed by atoms with Crippen LogP contribution in [0.15, 0.2) is 47.4 Å². The lowest BCUT2D eigenvalue weighted by atomic mass is 10.2. The Morgan fingerprint density at radius 3 is 2.28 bits per heavy atom. The molecular formula is C20H26N2O6S. The van der Waals surface area contributed by atoms with Crippen molar-refractivity contribution in [1.82, 2.24) is 10.0 Å². The Kier molecular flexibility index (Phi) is 7.86. The minimum Gasteiger partial charge on any atom is -0.494 e. The van der Waals surface area contributed by atoms with Gasteiger partial charge in [-0.25, -0.2) is 8.42 Å². The van der Waals surface area contributed by atoms with Crippen molar-refractivity contribution >= 4 is 15.9 Å². The number of methoxy groups -OCH3 is 2. The highest BCUT2D eigenvalue weighted by molar-refractivity contribution is 7.89. The standard InChI is InChI=1S/C20H26N2O6S/c1-5-28-16-7-9-17(10-8-16)29(24,25)22-14(2)20(23)21-13-15-6-11-18(26-3)19(12-15)27-4/h6-12,14,22H,5,13H2,1-4H3,(H,21,23)/t14-/m1/s1. The molecule has 0 spiro atoms. The fourth-order valence-corrected chi connectivity index (χ4v) is 3.77. The summed E-state index contributed by atoms with van der Waals surface area (Å²) in [6, 6.07) is 10.3. The highest BCUT2D eigenvalue weighted by Gasteiger charge is 2.22. The molecule has 9 heteroatoms. The molecular weight excluding hydrogens is 396 g/mol. The first-order valence-electron chi connectivity index (χ1n) is 9.04. The summed E-state index contributed by atoms with van der Waals surface area (Å²) in [5.74, 6) is 1.25. The number of amides is 1. The number of ether oxygens (including phenoxy) is 3. The van der Waals surface area contributed by atoms with Crippen molar-refractivity contribution in [3.63, 3.8) is 0 Å². The predicted octanol–water partition coefficient (Wildman–Crippen LogP) is 2.09. The highest BCUT2D eigenvalue weighted by atomic mass is 32.2. The number of benzene rings is 2. The van der Waals surface area contributed by atoms with E-state index in [2.05, 4.69) is 10.0 Å². The molecule has 0 aliphatic heterocycles. The summed E-state index contributed by atoms with van der Waals surface area (Å²) >= 11 is 0. The predicted molar refractivity (Wildman–Crippen MR) is 109 cm³/mol. The Morgan fingerprint density at radius 2 is 1.69 bits per heavy atom. The Hall–Kier alpha value is -2.78. The van der Waals surface area contributed by atoms with Gasteiger partial charge in [0.2, 0.25) is 15.9 Å². The molecule has 1 atom stereocenters. The van der Waals surface area contributed by atoms with Gasteiger partial charge in [0.25, 0.3) is 0 Å². The lowest BCUT2D eigenvalue weighted by Crippen LogP contribution is -2.44. The second-order valence-corrected chi connectivity index (χ2v) is 7.87. The monoisotopic (exact) mass is 422 g/mol. The Labute approximate surface area is 171 Å². The molecule has 0 unspecified atom stereocenters. The number of carbonyl (C=O) groups is 1. The summed E-state index contributed by atoms with van der Waals surface area (Å²) in [4.78, 5) is 12.4. The number of hydrogen-bond acceptors (Lipinski definition) is 6. The number of sulfonamides is 1. The molecule has 0 radical (unpaired) electrons. The largest absolute Gasteiger partial charge is 0.494 e. The molecule has 2 aromatic carbocycles. The lowest BCUT2D eigenvalue weighted by Gasteiger charge is -2.15. The first kappa shape index (κ1) is 22.5. The minimum absolute atomic E-state index is 0.0560. The van der Waals surface area contributed by atoms with Crippen LogP contribution in [0.3, 0.4) is 0 Å². The molecule has 0 aliphatic carbocycles. The highest BCUT2D eigenvalue weighted by Crippen LogP contribution is 2.27. The molecule has 29 heavy (non-hydrogen) atoms. The van der Waals surface area contributed by atoms with Crippen LogP contribution in [0.1, 0.15) is 19.4 Å². The van der Waals surface area contributed by atoms with Crippen LogP contribution < -0.4 is 24.2 Å². The van der Waals surface area contributed by atoms with Crippen molar-refractivity contribution in [3.8, 4) is 17.2 Å². The van der Waals surface area contributed by atoms with Crippen LogP contribution in [0.2, 0.25) is 0 Å². The number of carbonyl (C=O) groups excluding carboxylic acids is 1. The molecule has 2 N–H and O–H groups in total. The smallest absolute Gasteiger partial charge is 0.241 e. The summed E-state index contributed by atoms with van der Waals surface area (Å²) in [5.41, 5.74) is 0.789. The quantitative estimate of drug-likeness (QED) is 0.608. The van der Waals surface area contributed by atoms with E-state index in [9.17, 15) is 13.2 Å². The molecule has 0 fully saturated rings. The van der Waals surface area contributed by atoms with Gasteiger partial charge in [-0.15, -0.1) is 0 Å². The minimum atomic E-state index is -3.84. The van der Waals surface area contributed by atoms with Gasteiger partial charge in [0.15, 0.2) is 11.5 Å².